The first-order valence-electron chi connectivity index (χ1n) is 8.20. The van der Waals surface area contributed by atoms with Gasteiger partial charge in [-0.15, -0.1) is 6.58 Å². The molecule has 1 aromatic rings. The molecule has 0 bridgehead atoms. The van der Waals surface area contributed by atoms with Crippen LogP contribution >= 0.6 is 0 Å². The van der Waals surface area contributed by atoms with Crippen LogP contribution in [0.25, 0.3) is 0 Å². The van der Waals surface area contributed by atoms with Crippen molar-refractivity contribution in [2.45, 2.75) is 19.8 Å². The van der Waals surface area contributed by atoms with Gasteiger partial charge in [-0.1, -0.05) is 6.08 Å². The van der Waals surface area contributed by atoms with Crippen LogP contribution in [0.1, 0.15) is 19.8 Å². The largest absolute Gasteiger partial charge is 0.494 e. The molecule has 1 aromatic carbocycles. The fraction of sp³-hybridized carbons (Fsp3) is 0.500. The van der Waals surface area contributed by atoms with Gasteiger partial charge in [-0.05, 0) is 49.9 Å². The molecule has 1 N–H and O–H groups in total. The molecule has 0 spiro atoms. The molecule has 0 unspecified atom stereocenters. The van der Waals surface area contributed by atoms with Crippen molar-refractivity contribution in [1.29, 1.82) is 0 Å². The van der Waals surface area contributed by atoms with E-state index in [1.165, 1.54) is 0 Å². The second-order valence-electron chi connectivity index (χ2n) is 5.64. The molecule has 5 heteroatoms. The third-order valence-corrected chi connectivity index (χ3v) is 3.91. The maximum absolute atomic E-state index is 12.3. The van der Waals surface area contributed by atoms with Crippen molar-refractivity contribution in [3.05, 3.63) is 36.9 Å². The van der Waals surface area contributed by atoms with E-state index in [1.807, 2.05) is 36.1 Å². The van der Waals surface area contributed by atoms with Crippen molar-refractivity contribution in [3.8, 4) is 5.75 Å². The van der Waals surface area contributed by atoms with Crippen molar-refractivity contribution in [3.63, 3.8) is 0 Å². The highest BCUT2D eigenvalue weighted by atomic mass is 16.5. The van der Waals surface area contributed by atoms with E-state index in [0.29, 0.717) is 19.1 Å². The Hall–Kier alpha value is -2.01. The van der Waals surface area contributed by atoms with Gasteiger partial charge in [-0.25, -0.2) is 4.79 Å². The summed E-state index contributed by atoms with van der Waals surface area (Å²) in [6, 6.07) is 7.40. The quantitative estimate of drug-likeness (QED) is 0.618. The van der Waals surface area contributed by atoms with E-state index < -0.39 is 0 Å². The summed E-state index contributed by atoms with van der Waals surface area (Å²) in [5.41, 5.74) is 0.787. The number of carbonyl (C=O) groups excluding carboxylic acids is 1. The Labute approximate surface area is 138 Å². The molecule has 0 atom stereocenters. The summed E-state index contributed by atoms with van der Waals surface area (Å²) in [5.74, 6) is 1.34. The lowest BCUT2D eigenvalue weighted by molar-refractivity contribution is 0.0906. The van der Waals surface area contributed by atoms with Gasteiger partial charge in [0.1, 0.15) is 5.75 Å². The van der Waals surface area contributed by atoms with Gasteiger partial charge in [-0.3, -0.25) is 0 Å². The molecule has 1 saturated heterocycles. The highest BCUT2D eigenvalue weighted by Gasteiger charge is 2.22. The Morgan fingerprint density at radius 1 is 1.35 bits per heavy atom. The molecule has 0 saturated carbocycles. The lowest BCUT2D eigenvalue weighted by Crippen LogP contribution is -2.41. The first kappa shape index (κ1) is 17.3. The second kappa shape index (κ2) is 9.20. The first-order chi connectivity index (χ1) is 11.2. The molecular formula is C18H26N2O3. The number of amides is 2. The van der Waals surface area contributed by atoms with Gasteiger partial charge >= 0.3 is 6.03 Å². The summed E-state index contributed by atoms with van der Waals surface area (Å²) < 4.78 is 10.9. The number of benzene rings is 1. The molecule has 5 nitrogen and oxygen atoms in total. The molecular weight excluding hydrogens is 292 g/mol. The van der Waals surface area contributed by atoms with Gasteiger partial charge in [0.15, 0.2) is 0 Å². The first-order valence-corrected chi connectivity index (χ1v) is 8.20. The van der Waals surface area contributed by atoms with E-state index in [1.54, 1.807) is 6.08 Å². The van der Waals surface area contributed by atoms with Crippen molar-refractivity contribution >= 4 is 11.7 Å². The Balaban J connectivity index is 1.75. The summed E-state index contributed by atoms with van der Waals surface area (Å²) >= 11 is 0. The van der Waals surface area contributed by atoms with Crippen LogP contribution < -0.4 is 10.1 Å². The van der Waals surface area contributed by atoms with Crippen molar-refractivity contribution in [2.75, 3.05) is 38.2 Å². The van der Waals surface area contributed by atoms with Crippen LogP contribution in [0.15, 0.2) is 36.9 Å². The molecule has 1 aliphatic rings. The smallest absolute Gasteiger partial charge is 0.321 e. The minimum atomic E-state index is -0.0420. The van der Waals surface area contributed by atoms with Gasteiger partial charge in [0, 0.05) is 25.4 Å². The summed E-state index contributed by atoms with van der Waals surface area (Å²) in [6.45, 7) is 9.11. The number of piperidine rings is 1. The van der Waals surface area contributed by atoms with Gasteiger partial charge in [0.25, 0.3) is 0 Å². The number of hydrogen-bond acceptors (Lipinski definition) is 3. The fourth-order valence-electron chi connectivity index (χ4n) is 2.62. The monoisotopic (exact) mass is 318 g/mol. The number of ether oxygens (including phenoxy) is 2. The Morgan fingerprint density at radius 2 is 2.04 bits per heavy atom. The van der Waals surface area contributed by atoms with Crippen LogP contribution in [0.4, 0.5) is 10.5 Å². The van der Waals surface area contributed by atoms with E-state index in [2.05, 4.69) is 11.9 Å². The average Bonchev–Trinajstić information content (AvgIpc) is 2.58. The van der Waals surface area contributed by atoms with E-state index in [4.69, 9.17) is 9.47 Å². The summed E-state index contributed by atoms with van der Waals surface area (Å²) in [7, 11) is 0. The zero-order valence-corrected chi connectivity index (χ0v) is 13.8. The zero-order chi connectivity index (χ0) is 16.5. The highest BCUT2D eigenvalue weighted by Crippen LogP contribution is 2.20. The standard InChI is InChI=1S/C18H26N2O3/c1-3-13-22-14-15-9-11-20(12-10-15)18(21)19-16-5-7-17(8-6-16)23-4-2/h3,5-8,15H,1,4,9-14H2,2H3,(H,19,21). The molecule has 1 aliphatic heterocycles. The van der Waals surface area contributed by atoms with Crippen LogP contribution in [0, 0.1) is 5.92 Å². The lowest BCUT2D eigenvalue weighted by atomic mass is 9.98. The van der Waals surface area contributed by atoms with Crippen LogP contribution in [-0.2, 0) is 4.74 Å². The van der Waals surface area contributed by atoms with Gasteiger partial charge < -0.3 is 19.7 Å². The molecule has 1 heterocycles. The third kappa shape index (κ3) is 5.60. The molecule has 2 rings (SSSR count). The van der Waals surface area contributed by atoms with E-state index >= 15 is 0 Å². The molecule has 0 aliphatic carbocycles. The molecule has 1 fully saturated rings. The number of likely N-dealkylation sites (tertiary alicyclic amines) is 1. The number of urea groups is 1. The Morgan fingerprint density at radius 3 is 2.65 bits per heavy atom. The van der Waals surface area contributed by atoms with E-state index in [9.17, 15) is 4.79 Å². The SMILES string of the molecule is C=CCOCC1CCN(C(=O)Nc2ccc(OCC)cc2)CC1. The van der Waals surface area contributed by atoms with Crippen LogP contribution in [0.2, 0.25) is 0 Å². The number of hydrogen-bond donors (Lipinski definition) is 1. The van der Waals surface area contributed by atoms with Crippen LogP contribution in [0.3, 0.4) is 0 Å². The maximum atomic E-state index is 12.3. The van der Waals surface area contributed by atoms with Crippen molar-refractivity contribution in [1.82, 2.24) is 4.90 Å². The molecule has 2 amide bonds. The minimum Gasteiger partial charge on any atom is -0.494 e. The Bertz CT molecular complexity index is 493. The summed E-state index contributed by atoms with van der Waals surface area (Å²) in [4.78, 5) is 14.1. The third-order valence-electron chi connectivity index (χ3n) is 3.91. The van der Waals surface area contributed by atoms with E-state index in [-0.39, 0.29) is 6.03 Å². The van der Waals surface area contributed by atoms with Gasteiger partial charge in [0.05, 0.1) is 13.2 Å². The molecule has 126 valence electrons. The number of nitrogens with zero attached hydrogens (tertiary/aromatic N) is 1. The number of carbonyl (C=O) groups is 1. The number of nitrogens with one attached hydrogen (secondary N) is 1. The van der Waals surface area contributed by atoms with Crippen molar-refractivity contribution < 1.29 is 14.3 Å². The lowest BCUT2D eigenvalue weighted by Gasteiger charge is -2.31. The topological polar surface area (TPSA) is 50.8 Å². The van der Waals surface area contributed by atoms with Crippen molar-refractivity contribution in [2.24, 2.45) is 5.92 Å². The molecule has 0 radical (unpaired) electrons. The average molecular weight is 318 g/mol. The van der Waals surface area contributed by atoms with E-state index in [0.717, 1.165) is 44.0 Å². The normalized spacial score (nSPS) is 15.3. The Kier molecular flexibility index (Phi) is 6.94. The summed E-state index contributed by atoms with van der Waals surface area (Å²) in [6.07, 6.45) is 3.72. The second-order valence-corrected chi connectivity index (χ2v) is 5.64. The van der Waals surface area contributed by atoms with Gasteiger partial charge in [-0.2, -0.15) is 0 Å². The predicted octanol–water partition coefficient (Wildman–Crippen LogP) is 3.53. The number of anilines is 1. The van der Waals surface area contributed by atoms with Crippen LogP contribution in [0.5, 0.6) is 5.75 Å². The molecule has 0 aromatic heterocycles. The highest BCUT2D eigenvalue weighted by molar-refractivity contribution is 5.89. The number of rotatable bonds is 7. The van der Waals surface area contributed by atoms with Crippen LogP contribution in [-0.4, -0.2) is 43.8 Å². The molecule has 23 heavy (non-hydrogen) atoms. The summed E-state index contributed by atoms with van der Waals surface area (Å²) in [5, 5.41) is 2.94. The fourth-order valence-corrected chi connectivity index (χ4v) is 2.62. The zero-order valence-electron chi connectivity index (χ0n) is 13.8. The van der Waals surface area contributed by atoms with Gasteiger partial charge in [0.2, 0.25) is 0 Å². The predicted molar refractivity (Wildman–Crippen MR) is 91.9 cm³/mol. The minimum absolute atomic E-state index is 0.0420. The maximum Gasteiger partial charge on any atom is 0.321 e.